The molecule has 1 amide bonds. The Hall–Kier alpha value is -3.22. The molecule has 1 aliphatic heterocycles. The fraction of sp³-hybridized carbons (Fsp3) is 0.222. The van der Waals surface area contributed by atoms with Crippen molar-refractivity contribution in [2.45, 2.75) is 20.0 Å². The summed E-state index contributed by atoms with van der Waals surface area (Å²) in [6.45, 7) is 3.42. The molecule has 2 aromatic heterocycles. The van der Waals surface area contributed by atoms with Gasteiger partial charge in [0.25, 0.3) is 11.5 Å². The molecule has 4 rings (SSSR count). The lowest BCUT2D eigenvalue weighted by Gasteiger charge is -2.27. The summed E-state index contributed by atoms with van der Waals surface area (Å²) in [4.78, 5) is 29.6. The zero-order chi connectivity index (χ0) is 17.4. The second-order valence-corrected chi connectivity index (χ2v) is 6.02. The third kappa shape index (κ3) is 2.73. The molecule has 0 atom stereocenters. The smallest absolute Gasteiger partial charge is 0.261 e. The molecule has 1 aromatic carbocycles. The minimum Gasteiger partial charge on any atom is -0.329 e. The summed E-state index contributed by atoms with van der Waals surface area (Å²) in [6.07, 6.45) is 0. The van der Waals surface area contributed by atoms with Crippen LogP contribution in [-0.4, -0.2) is 37.1 Å². The van der Waals surface area contributed by atoms with Gasteiger partial charge >= 0.3 is 0 Å². The minimum atomic E-state index is -0.380. The lowest BCUT2D eigenvalue weighted by Crippen LogP contribution is -2.40. The molecule has 7 nitrogen and oxygen atoms in total. The molecule has 0 saturated carbocycles. The molecule has 25 heavy (non-hydrogen) atoms. The summed E-state index contributed by atoms with van der Waals surface area (Å²) < 4.78 is 1.99. The number of H-pyrrole nitrogens is 1. The lowest BCUT2D eigenvalue weighted by molar-refractivity contribution is 0.0705. The van der Waals surface area contributed by atoms with Crippen molar-refractivity contribution in [1.29, 1.82) is 0 Å². The van der Waals surface area contributed by atoms with Crippen molar-refractivity contribution in [3.8, 4) is 11.3 Å². The SMILES string of the molecule is Cc1nnc2n1CCN(C(=O)c1ccc(-c3ccccc3)[nH]c1=O)C2. The van der Waals surface area contributed by atoms with Crippen molar-refractivity contribution in [3.05, 3.63) is 70.0 Å². The number of aromatic amines is 1. The van der Waals surface area contributed by atoms with Crippen molar-refractivity contribution in [1.82, 2.24) is 24.6 Å². The van der Waals surface area contributed by atoms with Gasteiger partial charge in [-0.15, -0.1) is 10.2 Å². The van der Waals surface area contributed by atoms with E-state index in [-0.39, 0.29) is 17.0 Å². The maximum Gasteiger partial charge on any atom is 0.261 e. The molecule has 0 aliphatic carbocycles. The van der Waals surface area contributed by atoms with E-state index in [4.69, 9.17) is 0 Å². The predicted octanol–water partition coefficient (Wildman–Crippen LogP) is 1.60. The van der Waals surface area contributed by atoms with Crippen LogP contribution in [-0.2, 0) is 13.1 Å². The van der Waals surface area contributed by atoms with Crippen molar-refractivity contribution in [2.24, 2.45) is 0 Å². The molecular weight excluding hydrogens is 318 g/mol. The van der Waals surface area contributed by atoms with Gasteiger partial charge in [-0.1, -0.05) is 30.3 Å². The van der Waals surface area contributed by atoms with Gasteiger partial charge < -0.3 is 14.5 Å². The Labute approximate surface area is 143 Å². The van der Waals surface area contributed by atoms with Crippen LogP contribution in [0.1, 0.15) is 22.0 Å². The number of amides is 1. The third-order valence-corrected chi connectivity index (χ3v) is 4.45. The number of nitrogens with one attached hydrogen (secondary N) is 1. The molecule has 0 spiro atoms. The van der Waals surface area contributed by atoms with Gasteiger partial charge in [-0.25, -0.2) is 0 Å². The second kappa shape index (κ2) is 6.01. The van der Waals surface area contributed by atoms with E-state index in [1.807, 2.05) is 41.8 Å². The van der Waals surface area contributed by atoms with Crippen molar-refractivity contribution in [3.63, 3.8) is 0 Å². The van der Waals surface area contributed by atoms with Crippen LogP contribution in [0, 0.1) is 6.92 Å². The maximum absolute atomic E-state index is 12.7. The van der Waals surface area contributed by atoms with Gasteiger partial charge in [0, 0.05) is 18.8 Å². The average molecular weight is 335 g/mol. The van der Waals surface area contributed by atoms with Gasteiger partial charge in [-0.3, -0.25) is 9.59 Å². The summed E-state index contributed by atoms with van der Waals surface area (Å²) in [6, 6.07) is 12.9. The fourth-order valence-electron chi connectivity index (χ4n) is 3.08. The van der Waals surface area contributed by atoms with E-state index in [0.717, 1.165) is 17.2 Å². The van der Waals surface area contributed by atoms with E-state index in [2.05, 4.69) is 15.2 Å². The summed E-state index contributed by atoms with van der Waals surface area (Å²) in [5.74, 6) is 1.30. The number of pyridine rings is 1. The number of fused-ring (bicyclic) bond motifs is 1. The number of aromatic nitrogens is 4. The molecule has 126 valence electrons. The van der Waals surface area contributed by atoms with Gasteiger partial charge in [0.05, 0.1) is 6.54 Å². The van der Waals surface area contributed by atoms with Crippen LogP contribution >= 0.6 is 0 Å². The average Bonchev–Trinajstić information content (AvgIpc) is 3.02. The summed E-state index contributed by atoms with van der Waals surface area (Å²) in [5.41, 5.74) is 1.36. The number of rotatable bonds is 2. The molecule has 1 N–H and O–H groups in total. The Kier molecular flexibility index (Phi) is 3.68. The van der Waals surface area contributed by atoms with Crippen LogP contribution in [0.25, 0.3) is 11.3 Å². The first-order chi connectivity index (χ1) is 12.1. The largest absolute Gasteiger partial charge is 0.329 e. The Balaban J connectivity index is 1.60. The van der Waals surface area contributed by atoms with Crippen LogP contribution in [0.3, 0.4) is 0 Å². The summed E-state index contributed by atoms with van der Waals surface area (Å²) in [5, 5.41) is 8.13. The van der Waals surface area contributed by atoms with E-state index in [1.165, 1.54) is 0 Å². The zero-order valence-corrected chi connectivity index (χ0v) is 13.8. The van der Waals surface area contributed by atoms with Crippen molar-refractivity contribution < 1.29 is 4.79 Å². The van der Waals surface area contributed by atoms with Crippen LogP contribution in [0.2, 0.25) is 0 Å². The third-order valence-electron chi connectivity index (χ3n) is 4.45. The molecule has 3 heterocycles. The first-order valence-corrected chi connectivity index (χ1v) is 8.10. The fourth-order valence-corrected chi connectivity index (χ4v) is 3.08. The van der Waals surface area contributed by atoms with E-state index >= 15 is 0 Å². The molecule has 0 bridgehead atoms. The Bertz CT molecular complexity index is 990. The molecule has 7 heteroatoms. The molecule has 0 radical (unpaired) electrons. The van der Waals surface area contributed by atoms with Crippen LogP contribution in [0.5, 0.6) is 0 Å². The number of nitrogens with zero attached hydrogens (tertiary/aromatic N) is 4. The number of carbonyl (C=O) groups is 1. The number of hydrogen-bond acceptors (Lipinski definition) is 4. The highest BCUT2D eigenvalue weighted by molar-refractivity contribution is 5.94. The number of carbonyl (C=O) groups excluding carboxylic acids is 1. The van der Waals surface area contributed by atoms with E-state index in [1.54, 1.807) is 17.0 Å². The number of benzene rings is 1. The molecular formula is C18H17N5O2. The van der Waals surface area contributed by atoms with Gasteiger partial charge in [0.15, 0.2) is 5.82 Å². The summed E-state index contributed by atoms with van der Waals surface area (Å²) >= 11 is 0. The van der Waals surface area contributed by atoms with Crippen molar-refractivity contribution in [2.75, 3.05) is 6.54 Å². The normalized spacial score (nSPS) is 13.6. The van der Waals surface area contributed by atoms with Crippen LogP contribution in [0.4, 0.5) is 0 Å². The van der Waals surface area contributed by atoms with Crippen LogP contribution in [0.15, 0.2) is 47.3 Å². The highest BCUT2D eigenvalue weighted by Crippen LogP contribution is 2.17. The van der Waals surface area contributed by atoms with Gasteiger partial charge in [-0.2, -0.15) is 0 Å². The highest BCUT2D eigenvalue weighted by Gasteiger charge is 2.25. The minimum absolute atomic E-state index is 0.143. The van der Waals surface area contributed by atoms with Crippen molar-refractivity contribution >= 4 is 5.91 Å². The maximum atomic E-state index is 12.7. The lowest BCUT2D eigenvalue weighted by atomic mass is 10.1. The van der Waals surface area contributed by atoms with E-state index in [9.17, 15) is 9.59 Å². The monoisotopic (exact) mass is 335 g/mol. The van der Waals surface area contributed by atoms with Gasteiger partial charge in [-0.05, 0) is 24.6 Å². The Morgan fingerprint density at radius 1 is 1.08 bits per heavy atom. The molecule has 0 unspecified atom stereocenters. The first kappa shape index (κ1) is 15.3. The highest BCUT2D eigenvalue weighted by atomic mass is 16.2. The molecule has 0 saturated heterocycles. The van der Waals surface area contributed by atoms with E-state index < -0.39 is 0 Å². The van der Waals surface area contributed by atoms with E-state index in [0.29, 0.717) is 25.3 Å². The zero-order valence-electron chi connectivity index (χ0n) is 13.8. The topological polar surface area (TPSA) is 83.9 Å². The van der Waals surface area contributed by atoms with Gasteiger partial charge in [0.1, 0.15) is 11.4 Å². The molecule has 3 aromatic rings. The number of aryl methyl sites for hydroxylation is 1. The van der Waals surface area contributed by atoms with Crippen LogP contribution < -0.4 is 5.56 Å². The Morgan fingerprint density at radius 2 is 1.88 bits per heavy atom. The molecule has 1 aliphatic rings. The quantitative estimate of drug-likeness (QED) is 0.771. The molecule has 0 fully saturated rings. The van der Waals surface area contributed by atoms with Gasteiger partial charge in [0.2, 0.25) is 0 Å². The second-order valence-electron chi connectivity index (χ2n) is 6.02. The first-order valence-electron chi connectivity index (χ1n) is 8.10. The predicted molar refractivity (Wildman–Crippen MR) is 92.0 cm³/mol. The summed E-state index contributed by atoms with van der Waals surface area (Å²) in [7, 11) is 0. The number of hydrogen-bond donors (Lipinski definition) is 1. The Morgan fingerprint density at radius 3 is 2.64 bits per heavy atom. The standard InChI is InChI=1S/C18H17N5O2/c1-12-20-21-16-11-22(9-10-23(12)16)18(25)14-7-8-15(19-17(14)24)13-5-3-2-4-6-13/h2-8H,9-11H2,1H3,(H,19,24).